The smallest absolute Gasteiger partial charge is 0.276 e. The zero-order valence-corrected chi connectivity index (χ0v) is 18.9. The van der Waals surface area contributed by atoms with Crippen molar-refractivity contribution in [2.45, 2.75) is 11.7 Å². The zero-order valence-electron chi connectivity index (χ0n) is 16.5. The normalized spacial score (nSPS) is 10.9. The largest absolute Gasteiger partial charge is 0.497 e. The number of thioether (sulfide) groups is 1. The molecule has 0 bridgehead atoms. The number of aromatic nitrogens is 2. The van der Waals surface area contributed by atoms with Crippen LogP contribution in [0.2, 0.25) is 5.02 Å². The summed E-state index contributed by atoms with van der Waals surface area (Å²) in [5.41, 5.74) is 1.96. The third-order valence-corrected chi connectivity index (χ3v) is 6.74. The van der Waals surface area contributed by atoms with Crippen molar-refractivity contribution < 1.29 is 9.53 Å². The second-order valence-electron chi connectivity index (χ2n) is 6.52. The highest BCUT2D eigenvalue weighted by Gasteiger charge is 2.16. The van der Waals surface area contributed by atoms with Gasteiger partial charge in [0.1, 0.15) is 10.4 Å². The van der Waals surface area contributed by atoms with E-state index in [0.29, 0.717) is 38.4 Å². The minimum Gasteiger partial charge on any atom is -0.497 e. The van der Waals surface area contributed by atoms with Crippen LogP contribution in [0.15, 0.2) is 69.9 Å². The van der Waals surface area contributed by atoms with Crippen LogP contribution < -0.4 is 15.6 Å². The fraction of sp³-hybridized carbons (Fsp3) is 0.136. The lowest BCUT2D eigenvalue weighted by Gasteiger charge is -2.13. The molecule has 0 saturated heterocycles. The highest BCUT2D eigenvalue weighted by Crippen LogP contribution is 2.24. The van der Waals surface area contributed by atoms with Crippen LogP contribution in [0, 0.1) is 0 Å². The number of carbonyl (C=O) groups excluding carboxylic acids is 1. The van der Waals surface area contributed by atoms with Gasteiger partial charge < -0.3 is 10.1 Å². The first kappa shape index (κ1) is 21.4. The van der Waals surface area contributed by atoms with E-state index in [0.717, 1.165) is 5.56 Å². The van der Waals surface area contributed by atoms with Gasteiger partial charge in [-0.1, -0.05) is 41.6 Å². The number of amides is 1. The number of nitrogens with one attached hydrogen (secondary N) is 1. The van der Waals surface area contributed by atoms with Crippen LogP contribution in [0.1, 0.15) is 5.56 Å². The average molecular weight is 472 g/mol. The summed E-state index contributed by atoms with van der Waals surface area (Å²) in [4.78, 5) is 30.2. The fourth-order valence-electron chi connectivity index (χ4n) is 2.96. The summed E-state index contributed by atoms with van der Waals surface area (Å²) in [5.74, 6) is 0.629. The average Bonchev–Trinajstić information content (AvgIpc) is 3.26. The summed E-state index contributed by atoms with van der Waals surface area (Å²) >= 11 is 8.70. The summed E-state index contributed by atoms with van der Waals surface area (Å²) in [6, 6.07) is 16.3. The van der Waals surface area contributed by atoms with Gasteiger partial charge in [-0.3, -0.25) is 14.2 Å². The van der Waals surface area contributed by atoms with E-state index in [1.165, 1.54) is 27.7 Å². The van der Waals surface area contributed by atoms with Gasteiger partial charge in [0.15, 0.2) is 5.16 Å². The van der Waals surface area contributed by atoms with Crippen molar-refractivity contribution >= 4 is 50.8 Å². The molecule has 158 valence electrons. The predicted molar refractivity (Wildman–Crippen MR) is 126 cm³/mol. The van der Waals surface area contributed by atoms with Gasteiger partial charge in [0, 0.05) is 11.6 Å². The molecule has 0 radical (unpaired) electrons. The van der Waals surface area contributed by atoms with Crippen LogP contribution >= 0.6 is 34.7 Å². The molecule has 1 amide bonds. The molecule has 4 aromatic rings. The molecule has 0 spiro atoms. The number of thiophene rings is 1. The number of methoxy groups -OCH3 is 1. The molecule has 0 aliphatic rings. The maximum atomic E-state index is 13.1. The summed E-state index contributed by atoms with van der Waals surface area (Å²) in [5, 5.41) is 5.75. The van der Waals surface area contributed by atoms with Crippen molar-refractivity contribution in [3.8, 4) is 11.4 Å². The first-order valence-electron chi connectivity index (χ1n) is 9.34. The van der Waals surface area contributed by atoms with E-state index in [-0.39, 0.29) is 17.2 Å². The number of hydrogen-bond acceptors (Lipinski definition) is 6. The van der Waals surface area contributed by atoms with E-state index in [1.807, 2.05) is 23.6 Å². The van der Waals surface area contributed by atoms with E-state index in [2.05, 4.69) is 10.3 Å². The Morgan fingerprint density at radius 2 is 1.97 bits per heavy atom. The Kier molecular flexibility index (Phi) is 6.60. The SMILES string of the molecule is COc1ccc(-n2c(SCC(=O)NCc3ccccc3Cl)nc3ccsc3c2=O)cc1. The van der Waals surface area contributed by atoms with E-state index in [9.17, 15) is 9.59 Å². The van der Waals surface area contributed by atoms with E-state index in [1.54, 1.807) is 43.5 Å². The molecule has 2 aromatic heterocycles. The predicted octanol–water partition coefficient (Wildman–Crippen LogP) is 4.52. The van der Waals surface area contributed by atoms with Crippen LogP contribution in [0.3, 0.4) is 0 Å². The highest BCUT2D eigenvalue weighted by molar-refractivity contribution is 7.99. The van der Waals surface area contributed by atoms with Crippen LogP contribution in [0.25, 0.3) is 15.9 Å². The number of benzene rings is 2. The van der Waals surface area contributed by atoms with E-state index < -0.39 is 0 Å². The number of ether oxygens (including phenoxy) is 1. The summed E-state index contributed by atoms with van der Waals surface area (Å²) in [7, 11) is 1.59. The molecule has 2 heterocycles. The Morgan fingerprint density at radius 1 is 1.19 bits per heavy atom. The van der Waals surface area contributed by atoms with Crippen LogP contribution in [-0.2, 0) is 11.3 Å². The Hall–Kier alpha value is -2.81. The Balaban J connectivity index is 1.57. The molecule has 1 N–H and O–H groups in total. The second-order valence-corrected chi connectivity index (χ2v) is 8.79. The summed E-state index contributed by atoms with van der Waals surface area (Å²) in [6.45, 7) is 0.335. The topological polar surface area (TPSA) is 73.2 Å². The zero-order chi connectivity index (χ0) is 21.8. The van der Waals surface area contributed by atoms with Crippen molar-refractivity contribution in [3.05, 3.63) is 80.9 Å². The fourth-order valence-corrected chi connectivity index (χ4v) is 4.77. The molecule has 31 heavy (non-hydrogen) atoms. The molecule has 6 nitrogen and oxygen atoms in total. The molecule has 2 aromatic carbocycles. The first-order chi connectivity index (χ1) is 15.1. The number of nitrogens with zero attached hydrogens (tertiary/aromatic N) is 2. The van der Waals surface area contributed by atoms with Crippen LogP contribution in [-0.4, -0.2) is 28.3 Å². The highest BCUT2D eigenvalue weighted by atomic mass is 35.5. The number of hydrogen-bond donors (Lipinski definition) is 1. The monoisotopic (exact) mass is 471 g/mol. The molecule has 0 saturated carbocycles. The molecule has 4 rings (SSSR count). The summed E-state index contributed by atoms with van der Waals surface area (Å²) < 4.78 is 7.31. The van der Waals surface area contributed by atoms with Crippen molar-refractivity contribution in [3.63, 3.8) is 0 Å². The molecular formula is C22H18ClN3O3S2. The van der Waals surface area contributed by atoms with Gasteiger partial charge >= 0.3 is 0 Å². The van der Waals surface area contributed by atoms with Crippen molar-refractivity contribution in [2.75, 3.05) is 12.9 Å². The molecule has 9 heteroatoms. The maximum absolute atomic E-state index is 13.1. The molecule has 0 aliphatic heterocycles. The molecule has 0 fully saturated rings. The molecule has 0 aliphatic carbocycles. The Morgan fingerprint density at radius 3 is 2.71 bits per heavy atom. The Labute approximate surface area is 191 Å². The lowest BCUT2D eigenvalue weighted by Crippen LogP contribution is -2.26. The Bertz CT molecular complexity index is 1290. The minimum absolute atomic E-state index is 0.114. The van der Waals surface area contributed by atoms with Crippen molar-refractivity contribution in [1.29, 1.82) is 0 Å². The number of fused-ring (bicyclic) bond motifs is 1. The minimum atomic E-state index is -0.175. The second kappa shape index (κ2) is 9.55. The standard InChI is InChI=1S/C22H18ClN3O3S2/c1-29-16-8-6-15(7-9-16)26-21(28)20-18(10-11-30-20)25-22(26)31-13-19(27)24-12-14-4-2-3-5-17(14)23/h2-11H,12-13H2,1H3,(H,24,27). The van der Waals surface area contributed by atoms with Crippen LogP contribution in [0.5, 0.6) is 5.75 Å². The van der Waals surface area contributed by atoms with Gasteiger partial charge in [-0.2, -0.15) is 0 Å². The number of rotatable bonds is 7. The van der Waals surface area contributed by atoms with Gasteiger partial charge in [-0.05, 0) is 47.3 Å². The van der Waals surface area contributed by atoms with E-state index >= 15 is 0 Å². The lowest BCUT2D eigenvalue weighted by molar-refractivity contribution is -0.118. The molecular weight excluding hydrogens is 454 g/mol. The lowest BCUT2D eigenvalue weighted by atomic mass is 10.2. The van der Waals surface area contributed by atoms with Gasteiger partial charge in [0.05, 0.1) is 24.1 Å². The van der Waals surface area contributed by atoms with Crippen molar-refractivity contribution in [2.24, 2.45) is 0 Å². The van der Waals surface area contributed by atoms with Gasteiger partial charge in [-0.15, -0.1) is 11.3 Å². The quantitative estimate of drug-likeness (QED) is 0.317. The summed E-state index contributed by atoms with van der Waals surface area (Å²) in [6.07, 6.45) is 0. The van der Waals surface area contributed by atoms with Gasteiger partial charge in [0.2, 0.25) is 5.91 Å². The third kappa shape index (κ3) is 4.76. The van der Waals surface area contributed by atoms with Crippen molar-refractivity contribution in [1.82, 2.24) is 14.9 Å². The number of halogens is 1. The molecule has 0 atom stereocenters. The van der Waals surface area contributed by atoms with Gasteiger partial charge in [0.25, 0.3) is 5.56 Å². The molecule has 0 unspecified atom stereocenters. The number of carbonyl (C=O) groups is 1. The van der Waals surface area contributed by atoms with Gasteiger partial charge in [-0.25, -0.2) is 4.98 Å². The van der Waals surface area contributed by atoms with E-state index in [4.69, 9.17) is 16.3 Å². The first-order valence-corrected chi connectivity index (χ1v) is 11.6. The maximum Gasteiger partial charge on any atom is 0.276 e. The third-order valence-electron chi connectivity index (χ3n) is 4.55. The van der Waals surface area contributed by atoms with Crippen LogP contribution in [0.4, 0.5) is 0 Å².